The molecule has 2 amide bonds. The molecular weight excluding hydrogens is 242 g/mol. The number of amides is 2. The van der Waals surface area contributed by atoms with Crippen molar-refractivity contribution in [2.24, 2.45) is 17.6 Å². The highest BCUT2D eigenvalue weighted by molar-refractivity contribution is 5.86. The van der Waals surface area contributed by atoms with Gasteiger partial charge in [-0.25, -0.2) is 0 Å². The van der Waals surface area contributed by atoms with Gasteiger partial charge in [0, 0.05) is 19.0 Å². The summed E-state index contributed by atoms with van der Waals surface area (Å²) in [5.41, 5.74) is 5.64. The van der Waals surface area contributed by atoms with Crippen LogP contribution in [0.5, 0.6) is 0 Å². The van der Waals surface area contributed by atoms with Crippen molar-refractivity contribution in [3.8, 4) is 0 Å². The third-order valence-electron chi connectivity index (χ3n) is 4.42. The third-order valence-corrected chi connectivity index (χ3v) is 4.42. The maximum Gasteiger partial charge on any atom is 0.241 e. The Morgan fingerprint density at radius 1 is 1.11 bits per heavy atom. The van der Waals surface area contributed by atoms with E-state index < -0.39 is 0 Å². The molecule has 2 fully saturated rings. The van der Waals surface area contributed by atoms with Crippen molar-refractivity contribution in [2.45, 2.75) is 38.5 Å². The van der Waals surface area contributed by atoms with Gasteiger partial charge in [-0.3, -0.25) is 9.59 Å². The van der Waals surface area contributed by atoms with Crippen LogP contribution in [0, 0.1) is 11.8 Å². The molecule has 0 unspecified atom stereocenters. The van der Waals surface area contributed by atoms with E-state index in [1.807, 2.05) is 4.90 Å². The molecule has 1 aliphatic carbocycles. The van der Waals surface area contributed by atoms with E-state index >= 15 is 0 Å². The first-order valence-electron chi connectivity index (χ1n) is 7.46. The predicted octanol–water partition coefficient (Wildman–Crippen LogP) is 0.490. The van der Waals surface area contributed by atoms with Crippen molar-refractivity contribution < 1.29 is 9.59 Å². The Balaban J connectivity index is 1.68. The first kappa shape index (κ1) is 14.3. The highest BCUT2D eigenvalue weighted by atomic mass is 16.2. The Morgan fingerprint density at radius 2 is 1.74 bits per heavy atom. The average Bonchev–Trinajstić information content (AvgIpc) is 2.98. The van der Waals surface area contributed by atoms with Crippen LogP contribution in [0.3, 0.4) is 0 Å². The maximum absolute atomic E-state index is 12.0. The van der Waals surface area contributed by atoms with Crippen LogP contribution in [0.25, 0.3) is 0 Å². The van der Waals surface area contributed by atoms with Gasteiger partial charge in [-0.05, 0) is 51.0 Å². The molecule has 19 heavy (non-hydrogen) atoms. The van der Waals surface area contributed by atoms with Crippen LogP contribution in [0.2, 0.25) is 0 Å². The summed E-state index contributed by atoms with van der Waals surface area (Å²) in [4.78, 5) is 25.7. The molecule has 5 nitrogen and oxygen atoms in total. The van der Waals surface area contributed by atoms with Gasteiger partial charge in [0.15, 0.2) is 0 Å². The molecule has 5 heteroatoms. The molecule has 2 rings (SSSR count). The molecule has 1 saturated carbocycles. The Labute approximate surface area is 114 Å². The summed E-state index contributed by atoms with van der Waals surface area (Å²) >= 11 is 0. The van der Waals surface area contributed by atoms with Crippen molar-refractivity contribution in [3.63, 3.8) is 0 Å². The molecule has 0 spiro atoms. The van der Waals surface area contributed by atoms with Gasteiger partial charge in [-0.1, -0.05) is 0 Å². The van der Waals surface area contributed by atoms with Crippen LogP contribution in [0.1, 0.15) is 38.5 Å². The lowest BCUT2D eigenvalue weighted by Gasteiger charge is -2.27. The molecule has 1 aliphatic heterocycles. The summed E-state index contributed by atoms with van der Waals surface area (Å²) in [5, 5.41) is 2.80. The van der Waals surface area contributed by atoms with Crippen LogP contribution in [-0.4, -0.2) is 42.9 Å². The van der Waals surface area contributed by atoms with Gasteiger partial charge >= 0.3 is 0 Å². The summed E-state index contributed by atoms with van der Waals surface area (Å²) in [5.74, 6) is 0.758. The average molecular weight is 267 g/mol. The number of nitrogens with one attached hydrogen (secondary N) is 1. The highest BCUT2D eigenvalue weighted by Crippen LogP contribution is 2.28. The maximum atomic E-state index is 12.0. The topological polar surface area (TPSA) is 75.4 Å². The van der Waals surface area contributed by atoms with E-state index in [0.717, 1.165) is 58.2 Å². The molecule has 0 bridgehead atoms. The van der Waals surface area contributed by atoms with E-state index in [1.165, 1.54) is 0 Å². The molecule has 3 N–H and O–H groups in total. The zero-order valence-corrected chi connectivity index (χ0v) is 11.6. The minimum atomic E-state index is 0.0445. The SMILES string of the molecule is NCC1CCC(C(=O)NCC(=O)N2CCCC2)CC1. The molecule has 0 aromatic rings. The lowest BCUT2D eigenvalue weighted by molar-refractivity contribution is -0.133. The van der Waals surface area contributed by atoms with Gasteiger partial charge in [-0.15, -0.1) is 0 Å². The number of nitrogens with two attached hydrogens (primary N) is 1. The zero-order valence-electron chi connectivity index (χ0n) is 11.6. The molecule has 1 heterocycles. The summed E-state index contributed by atoms with van der Waals surface area (Å²) in [6.07, 6.45) is 6.06. The zero-order chi connectivity index (χ0) is 13.7. The van der Waals surface area contributed by atoms with Crippen LogP contribution >= 0.6 is 0 Å². The van der Waals surface area contributed by atoms with Gasteiger partial charge < -0.3 is 16.0 Å². The minimum Gasteiger partial charge on any atom is -0.347 e. The molecule has 0 aromatic heterocycles. The minimum absolute atomic E-state index is 0.0445. The van der Waals surface area contributed by atoms with Gasteiger partial charge in [0.1, 0.15) is 0 Å². The Morgan fingerprint density at radius 3 is 2.32 bits per heavy atom. The first-order valence-corrected chi connectivity index (χ1v) is 7.46. The number of hydrogen-bond acceptors (Lipinski definition) is 3. The summed E-state index contributed by atoms with van der Waals surface area (Å²) in [7, 11) is 0. The fraction of sp³-hybridized carbons (Fsp3) is 0.857. The first-order chi connectivity index (χ1) is 9.20. The monoisotopic (exact) mass is 267 g/mol. The van der Waals surface area contributed by atoms with E-state index in [9.17, 15) is 9.59 Å². The summed E-state index contributed by atoms with van der Waals surface area (Å²) < 4.78 is 0. The Hall–Kier alpha value is -1.10. The molecular formula is C14H25N3O2. The van der Waals surface area contributed by atoms with E-state index in [0.29, 0.717) is 5.92 Å². The fourth-order valence-electron chi connectivity index (χ4n) is 3.05. The molecule has 2 aliphatic rings. The Kier molecular flexibility index (Phi) is 5.19. The van der Waals surface area contributed by atoms with Crippen molar-refractivity contribution in [1.82, 2.24) is 10.2 Å². The number of rotatable bonds is 4. The number of likely N-dealkylation sites (tertiary alicyclic amines) is 1. The number of carbonyl (C=O) groups is 2. The molecule has 1 saturated heterocycles. The quantitative estimate of drug-likeness (QED) is 0.778. The van der Waals surface area contributed by atoms with Crippen LogP contribution in [0.15, 0.2) is 0 Å². The second-order valence-electron chi connectivity index (χ2n) is 5.76. The second-order valence-corrected chi connectivity index (χ2v) is 5.76. The third kappa shape index (κ3) is 3.93. The summed E-state index contributed by atoms with van der Waals surface area (Å²) in [6.45, 7) is 2.57. The van der Waals surface area contributed by atoms with Crippen LogP contribution < -0.4 is 11.1 Å². The number of carbonyl (C=O) groups excluding carboxylic acids is 2. The number of hydrogen-bond donors (Lipinski definition) is 2. The van der Waals surface area contributed by atoms with E-state index in [2.05, 4.69) is 5.32 Å². The molecule has 0 aromatic carbocycles. The van der Waals surface area contributed by atoms with Gasteiger partial charge in [0.05, 0.1) is 6.54 Å². The largest absolute Gasteiger partial charge is 0.347 e. The molecule has 0 radical (unpaired) electrons. The van der Waals surface area contributed by atoms with E-state index in [-0.39, 0.29) is 24.3 Å². The smallest absolute Gasteiger partial charge is 0.241 e. The normalized spacial score (nSPS) is 27.3. The van der Waals surface area contributed by atoms with Crippen molar-refractivity contribution >= 4 is 11.8 Å². The fourth-order valence-corrected chi connectivity index (χ4v) is 3.05. The lowest BCUT2D eigenvalue weighted by atomic mass is 9.81. The molecule has 0 atom stereocenters. The van der Waals surface area contributed by atoms with Gasteiger partial charge in [0.2, 0.25) is 11.8 Å². The van der Waals surface area contributed by atoms with E-state index in [4.69, 9.17) is 5.73 Å². The highest BCUT2D eigenvalue weighted by Gasteiger charge is 2.26. The molecule has 108 valence electrons. The lowest BCUT2D eigenvalue weighted by Crippen LogP contribution is -2.41. The standard InChI is InChI=1S/C14H25N3O2/c15-9-11-3-5-12(6-4-11)14(19)16-10-13(18)17-7-1-2-8-17/h11-12H,1-10,15H2,(H,16,19). The van der Waals surface area contributed by atoms with Crippen LogP contribution in [0.4, 0.5) is 0 Å². The summed E-state index contributed by atoms with van der Waals surface area (Å²) in [6, 6.07) is 0. The van der Waals surface area contributed by atoms with Crippen LogP contribution in [-0.2, 0) is 9.59 Å². The van der Waals surface area contributed by atoms with Crippen molar-refractivity contribution in [1.29, 1.82) is 0 Å². The van der Waals surface area contributed by atoms with E-state index in [1.54, 1.807) is 0 Å². The second kappa shape index (κ2) is 6.89. The van der Waals surface area contributed by atoms with Crippen molar-refractivity contribution in [3.05, 3.63) is 0 Å². The van der Waals surface area contributed by atoms with Crippen molar-refractivity contribution in [2.75, 3.05) is 26.2 Å². The number of nitrogens with zero attached hydrogens (tertiary/aromatic N) is 1. The van der Waals surface area contributed by atoms with Gasteiger partial charge in [-0.2, -0.15) is 0 Å². The van der Waals surface area contributed by atoms with Gasteiger partial charge in [0.25, 0.3) is 0 Å². The Bertz CT molecular complexity index is 319. The predicted molar refractivity (Wildman–Crippen MR) is 73.3 cm³/mol.